The average Bonchev–Trinajstić information content (AvgIpc) is 2.82. The summed E-state index contributed by atoms with van der Waals surface area (Å²) < 4.78 is 61.3. The van der Waals surface area contributed by atoms with Gasteiger partial charge in [-0.2, -0.15) is 18.3 Å². The lowest BCUT2D eigenvalue weighted by Crippen LogP contribution is -2.53. The quantitative estimate of drug-likeness (QED) is 0.520. The largest absolute Gasteiger partial charge is 0.503 e. The van der Waals surface area contributed by atoms with Gasteiger partial charge in [0.15, 0.2) is 10.8 Å². The number of nitrogens with zero attached hydrogens (tertiary/aromatic N) is 6. The molecule has 3 aromatic rings. The number of rotatable bonds is 5. The molecule has 1 saturated heterocycles. The van der Waals surface area contributed by atoms with E-state index in [-0.39, 0.29) is 6.04 Å². The summed E-state index contributed by atoms with van der Waals surface area (Å²) in [4.78, 5) is 11.5. The maximum atomic E-state index is 12.8. The number of halogens is 3. The minimum atomic E-state index is -5.53. The van der Waals surface area contributed by atoms with Gasteiger partial charge in [0.1, 0.15) is 5.82 Å². The van der Waals surface area contributed by atoms with E-state index in [4.69, 9.17) is 0 Å². The molecule has 1 aliphatic heterocycles. The molecular weight excluding hydrogens is 481 g/mol. The van der Waals surface area contributed by atoms with Crippen molar-refractivity contribution in [2.75, 3.05) is 29.4 Å². The highest BCUT2D eigenvalue weighted by molar-refractivity contribution is 7.92. The summed E-state index contributed by atoms with van der Waals surface area (Å²) in [6.45, 7) is 7.69. The van der Waals surface area contributed by atoms with E-state index >= 15 is 0 Å². The lowest BCUT2D eigenvalue weighted by molar-refractivity contribution is -0.0438. The molecular formula is C23H25F3N6O2S. The van der Waals surface area contributed by atoms with Crippen LogP contribution in [0.1, 0.15) is 29.3 Å². The first-order valence-electron chi connectivity index (χ1n) is 11.0. The van der Waals surface area contributed by atoms with Crippen molar-refractivity contribution in [3.05, 3.63) is 65.1 Å². The van der Waals surface area contributed by atoms with Gasteiger partial charge in [0.25, 0.3) is 9.84 Å². The second kappa shape index (κ2) is 9.40. The van der Waals surface area contributed by atoms with Crippen molar-refractivity contribution in [2.45, 2.75) is 43.8 Å². The first kappa shape index (κ1) is 24.8. The number of hydrogen-bond donors (Lipinski definition) is 0. The number of benzene rings is 1. The highest BCUT2D eigenvalue weighted by Crippen LogP contribution is 2.30. The molecule has 1 fully saturated rings. The zero-order valence-electron chi connectivity index (χ0n) is 19.5. The lowest BCUT2D eigenvalue weighted by atomic mass is 10.0. The third-order valence-electron chi connectivity index (χ3n) is 6.23. The van der Waals surface area contributed by atoms with Gasteiger partial charge in [0.2, 0.25) is 0 Å². The van der Waals surface area contributed by atoms with Crippen molar-refractivity contribution in [3.8, 4) is 0 Å². The van der Waals surface area contributed by atoms with Gasteiger partial charge in [-0.3, -0.25) is 0 Å². The highest BCUT2D eigenvalue weighted by Gasteiger charge is 2.48. The summed E-state index contributed by atoms with van der Waals surface area (Å²) in [6, 6.07) is 9.99. The van der Waals surface area contributed by atoms with E-state index in [1.165, 1.54) is 0 Å². The number of sulfone groups is 1. The fourth-order valence-corrected chi connectivity index (χ4v) is 4.72. The van der Waals surface area contributed by atoms with Gasteiger partial charge in [-0.25, -0.2) is 18.4 Å². The summed E-state index contributed by atoms with van der Waals surface area (Å²) in [5, 5.41) is 7.88. The molecule has 1 atom stereocenters. The monoisotopic (exact) mass is 506 g/mol. The molecule has 3 heterocycles. The molecule has 0 N–H and O–H groups in total. The van der Waals surface area contributed by atoms with Crippen molar-refractivity contribution in [1.82, 2.24) is 20.2 Å². The standard InChI is InChI=1S/C23H25F3N6O2S/c1-15-14-31(22-17(3)16(2)19(29-30-22)11-18-7-5-4-6-8-18)9-10-32(15)20-12-28-21(13-27-20)35(33,34)23(24,25)26/h4-8,12-13,15H,9-11,14H2,1-3H3/t15-/m1/s1. The van der Waals surface area contributed by atoms with E-state index < -0.39 is 20.4 Å². The van der Waals surface area contributed by atoms with Gasteiger partial charge in [-0.1, -0.05) is 30.3 Å². The van der Waals surface area contributed by atoms with Crippen LogP contribution in [0.25, 0.3) is 0 Å². The predicted molar refractivity (Wildman–Crippen MR) is 125 cm³/mol. The van der Waals surface area contributed by atoms with Crippen LogP contribution < -0.4 is 9.80 Å². The van der Waals surface area contributed by atoms with Crippen molar-refractivity contribution in [1.29, 1.82) is 0 Å². The molecule has 0 bridgehead atoms. The molecule has 0 amide bonds. The molecule has 0 aliphatic carbocycles. The smallest absolute Gasteiger partial charge is 0.351 e. The minimum Gasteiger partial charge on any atom is -0.351 e. The Labute approximate surface area is 201 Å². The van der Waals surface area contributed by atoms with Crippen LogP contribution in [0.4, 0.5) is 24.8 Å². The van der Waals surface area contributed by atoms with Crippen LogP contribution in [0.5, 0.6) is 0 Å². The summed E-state index contributed by atoms with van der Waals surface area (Å²) >= 11 is 0. The third kappa shape index (κ3) is 4.93. The third-order valence-corrected chi connectivity index (χ3v) is 7.60. The van der Waals surface area contributed by atoms with Gasteiger partial charge in [-0.05, 0) is 37.5 Å². The number of alkyl halides is 3. The number of anilines is 2. The minimum absolute atomic E-state index is 0.0753. The van der Waals surface area contributed by atoms with Gasteiger partial charge in [0.05, 0.1) is 18.1 Å². The van der Waals surface area contributed by atoms with Crippen LogP contribution in [0.15, 0.2) is 47.8 Å². The van der Waals surface area contributed by atoms with Crippen molar-refractivity contribution >= 4 is 21.5 Å². The van der Waals surface area contributed by atoms with E-state index in [1.807, 2.05) is 43.9 Å². The predicted octanol–water partition coefficient (Wildman–Crippen LogP) is 3.48. The Hall–Kier alpha value is -3.28. The van der Waals surface area contributed by atoms with Gasteiger partial charge in [-0.15, -0.1) is 5.10 Å². The molecule has 4 rings (SSSR count). The first-order chi connectivity index (χ1) is 16.5. The Balaban J connectivity index is 1.48. The Morgan fingerprint density at radius 2 is 1.71 bits per heavy atom. The lowest BCUT2D eigenvalue weighted by Gasteiger charge is -2.41. The second-order valence-corrected chi connectivity index (χ2v) is 10.4. The fraction of sp³-hybridized carbons (Fsp3) is 0.391. The summed E-state index contributed by atoms with van der Waals surface area (Å²) in [6.07, 6.45) is 2.42. The second-order valence-electron chi connectivity index (χ2n) is 8.53. The average molecular weight is 507 g/mol. The van der Waals surface area contributed by atoms with Gasteiger partial charge in [0, 0.05) is 32.1 Å². The highest BCUT2D eigenvalue weighted by atomic mass is 32.2. The normalized spacial score (nSPS) is 17.0. The van der Waals surface area contributed by atoms with Crippen molar-refractivity contribution < 1.29 is 21.6 Å². The first-order valence-corrected chi connectivity index (χ1v) is 12.5. The van der Waals surface area contributed by atoms with E-state index in [1.54, 1.807) is 0 Å². The van der Waals surface area contributed by atoms with Gasteiger partial charge >= 0.3 is 5.51 Å². The topological polar surface area (TPSA) is 92.2 Å². The molecule has 0 radical (unpaired) electrons. The van der Waals surface area contributed by atoms with E-state index in [0.29, 0.717) is 38.1 Å². The molecule has 186 valence electrons. The Morgan fingerprint density at radius 1 is 1.00 bits per heavy atom. The number of aromatic nitrogens is 4. The maximum absolute atomic E-state index is 12.8. The van der Waals surface area contributed by atoms with Gasteiger partial charge < -0.3 is 9.80 Å². The fourth-order valence-electron chi connectivity index (χ4n) is 4.10. The van der Waals surface area contributed by atoms with E-state index in [2.05, 4.69) is 37.2 Å². The molecule has 35 heavy (non-hydrogen) atoms. The molecule has 0 spiro atoms. The summed E-state index contributed by atoms with van der Waals surface area (Å²) in [5.74, 6) is 1.11. The number of piperazine rings is 1. The molecule has 8 nitrogen and oxygen atoms in total. The van der Waals surface area contributed by atoms with Crippen molar-refractivity contribution in [3.63, 3.8) is 0 Å². The van der Waals surface area contributed by atoms with Crippen LogP contribution in [0.2, 0.25) is 0 Å². The van der Waals surface area contributed by atoms with Crippen LogP contribution in [-0.4, -0.2) is 59.8 Å². The zero-order valence-corrected chi connectivity index (χ0v) is 20.3. The van der Waals surface area contributed by atoms with Crippen LogP contribution >= 0.6 is 0 Å². The SMILES string of the molecule is Cc1c(Cc2ccccc2)nnc(N2CCN(c3cnc(S(=O)(=O)C(F)(F)F)cn3)[C@H](C)C2)c1C. The van der Waals surface area contributed by atoms with Crippen LogP contribution in [-0.2, 0) is 16.3 Å². The Bertz CT molecular complexity index is 1300. The molecule has 1 aromatic carbocycles. The maximum Gasteiger partial charge on any atom is 0.503 e. The van der Waals surface area contributed by atoms with Crippen LogP contribution in [0.3, 0.4) is 0 Å². The molecule has 1 aliphatic rings. The Kier molecular flexibility index (Phi) is 6.67. The summed E-state index contributed by atoms with van der Waals surface area (Å²) in [7, 11) is -5.53. The molecule has 2 aromatic heterocycles. The van der Waals surface area contributed by atoms with E-state index in [9.17, 15) is 21.6 Å². The van der Waals surface area contributed by atoms with Crippen molar-refractivity contribution in [2.24, 2.45) is 0 Å². The molecule has 0 saturated carbocycles. The summed E-state index contributed by atoms with van der Waals surface area (Å²) in [5.41, 5.74) is -1.20. The number of hydrogen-bond acceptors (Lipinski definition) is 8. The van der Waals surface area contributed by atoms with E-state index in [0.717, 1.165) is 34.4 Å². The zero-order chi connectivity index (χ0) is 25.4. The molecule has 0 unspecified atom stereocenters. The van der Waals surface area contributed by atoms with Crippen LogP contribution in [0, 0.1) is 13.8 Å². The molecule has 12 heteroatoms. The Morgan fingerprint density at radius 3 is 2.31 bits per heavy atom.